The van der Waals surface area contributed by atoms with Crippen molar-refractivity contribution in [2.24, 2.45) is 0 Å². The van der Waals surface area contributed by atoms with E-state index >= 15 is 0 Å². The molecule has 2 N–H and O–H groups in total. The highest BCUT2D eigenvalue weighted by Crippen LogP contribution is 2.11. The molecule has 82 valence electrons. The summed E-state index contributed by atoms with van der Waals surface area (Å²) in [6.07, 6.45) is 4.34. The lowest BCUT2D eigenvalue weighted by Gasteiger charge is -2.28. The fourth-order valence-corrected chi connectivity index (χ4v) is 1.29. The molecule has 0 bridgehead atoms. The Morgan fingerprint density at radius 3 is 3.07 bits per heavy atom. The van der Waals surface area contributed by atoms with Crippen LogP contribution in [0.1, 0.15) is 13.3 Å². The summed E-state index contributed by atoms with van der Waals surface area (Å²) in [5.41, 5.74) is 0. The van der Waals surface area contributed by atoms with Gasteiger partial charge in [-0.25, -0.2) is 0 Å². The summed E-state index contributed by atoms with van der Waals surface area (Å²) in [5, 5.41) is 6.47. The molecule has 0 atom stereocenters. The van der Waals surface area contributed by atoms with E-state index in [9.17, 15) is 0 Å². The second-order valence-electron chi connectivity index (χ2n) is 3.59. The molecule has 5 nitrogen and oxygen atoms in total. The molecule has 1 aromatic rings. The van der Waals surface area contributed by atoms with Crippen LogP contribution in [0.15, 0.2) is 12.4 Å². The van der Waals surface area contributed by atoms with E-state index in [0.717, 1.165) is 25.3 Å². The Morgan fingerprint density at radius 2 is 2.40 bits per heavy atom. The molecule has 0 radical (unpaired) electrons. The van der Waals surface area contributed by atoms with Gasteiger partial charge in [-0.05, 0) is 6.42 Å². The van der Waals surface area contributed by atoms with E-state index in [4.69, 9.17) is 4.74 Å². The Morgan fingerprint density at radius 1 is 1.53 bits per heavy atom. The maximum atomic E-state index is 5.40. The van der Waals surface area contributed by atoms with Crippen molar-refractivity contribution in [1.29, 1.82) is 0 Å². The second-order valence-corrected chi connectivity index (χ2v) is 3.59. The van der Waals surface area contributed by atoms with Crippen LogP contribution in [-0.2, 0) is 0 Å². The van der Waals surface area contributed by atoms with E-state index in [2.05, 4.69) is 27.5 Å². The van der Waals surface area contributed by atoms with Crippen molar-refractivity contribution in [2.75, 3.05) is 25.0 Å². The lowest BCUT2D eigenvalue weighted by atomic mass is 10.2. The van der Waals surface area contributed by atoms with Crippen LogP contribution in [0.5, 0.6) is 5.88 Å². The van der Waals surface area contributed by atoms with Crippen LogP contribution in [0.3, 0.4) is 0 Å². The van der Waals surface area contributed by atoms with Gasteiger partial charge in [-0.15, -0.1) is 0 Å². The molecule has 5 heteroatoms. The minimum atomic E-state index is 0.473. The highest BCUT2D eigenvalue weighted by Gasteiger charge is 2.16. The third-order valence-corrected chi connectivity index (χ3v) is 2.20. The van der Waals surface area contributed by atoms with E-state index < -0.39 is 0 Å². The Bertz CT molecular complexity index is 314. The first-order valence-electron chi connectivity index (χ1n) is 5.30. The quantitative estimate of drug-likeness (QED) is 0.744. The smallest absolute Gasteiger partial charge is 0.234 e. The zero-order valence-electron chi connectivity index (χ0n) is 8.86. The number of anilines is 1. The zero-order valence-corrected chi connectivity index (χ0v) is 8.86. The molecule has 1 saturated heterocycles. The van der Waals surface area contributed by atoms with E-state index in [1.54, 1.807) is 12.4 Å². The molecule has 15 heavy (non-hydrogen) atoms. The summed E-state index contributed by atoms with van der Waals surface area (Å²) in [6, 6.07) is 0.473. The van der Waals surface area contributed by atoms with Gasteiger partial charge < -0.3 is 15.4 Å². The first kappa shape index (κ1) is 10.2. The summed E-state index contributed by atoms with van der Waals surface area (Å²) < 4.78 is 5.40. The molecule has 1 aliphatic heterocycles. The number of hydrogen-bond acceptors (Lipinski definition) is 5. The van der Waals surface area contributed by atoms with E-state index in [1.165, 1.54) is 0 Å². The van der Waals surface area contributed by atoms with Crippen molar-refractivity contribution in [3.63, 3.8) is 0 Å². The maximum Gasteiger partial charge on any atom is 0.234 e. The molecule has 0 amide bonds. The summed E-state index contributed by atoms with van der Waals surface area (Å²) >= 11 is 0. The number of aromatic nitrogens is 2. The third kappa shape index (κ3) is 2.79. The number of nitrogens with one attached hydrogen (secondary N) is 2. The molecule has 0 saturated carbocycles. The average molecular weight is 208 g/mol. The van der Waals surface area contributed by atoms with Gasteiger partial charge >= 0.3 is 0 Å². The van der Waals surface area contributed by atoms with E-state index in [1.807, 2.05) is 0 Å². The number of hydrogen-bond donors (Lipinski definition) is 2. The van der Waals surface area contributed by atoms with E-state index in [0.29, 0.717) is 18.5 Å². The van der Waals surface area contributed by atoms with Gasteiger partial charge in [-0.1, -0.05) is 6.92 Å². The molecule has 0 aromatic carbocycles. The lowest BCUT2D eigenvalue weighted by Crippen LogP contribution is -2.51. The SMILES string of the molecule is CCCOc1cncc(NC2CNC2)n1. The van der Waals surface area contributed by atoms with Crippen molar-refractivity contribution in [2.45, 2.75) is 19.4 Å². The van der Waals surface area contributed by atoms with Crippen LogP contribution in [0.25, 0.3) is 0 Å². The average Bonchev–Trinajstić information content (AvgIpc) is 2.21. The molecular weight excluding hydrogens is 192 g/mol. The van der Waals surface area contributed by atoms with Crippen molar-refractivity contribution in [3.05, 3.63) is 12.4 Å². The second kappa shape index (κ2) is 4.93. The standard InChI is InChI=1S/C10H16N4O/c1-2-3-15-10-7-12-6-9(14-10)13-8-4-11-5-8/h6-8,11H,2-5H2,1H3,(H,13,14). The fraction of sp³-hybridized carbons (Fsp3) is 0.600. The van der Waals surface area contributed by atoms with Crippen LogP contribution in [0, 0.1) is 0 Å². The molecule has 2 rings (SSSR count). The van der Waals surface area contributed by atoms with Gasteiger partial charge in [0.2, 0.25) is 5.88 Å². The van der Waals surface area contributed by atoms with Gasteiger partial charge in [0.1, 0.15) is 5.82 Å². The molecule has 0 unspecified atom stereocenters. The van der Waals surface area contributed by atoms with Crippen LogP contribution in [0.4, 0.5) is 5.82 Å². The Balaban J connectivity index is 1.92. The predicted octanol–water partition coefficient (Wildman–Crippen LogP) is 0.649. The minimum absolute atomic E-state index is 0.473. The third-order valence-electron chi connectivity index (χ3n) is 2.20. The lowest BCUT2D eigenvalue weighted by molar-refractivity contribution is 0.304. The van der Waals surface area contributed by atoms with Crippen molar-refractivity contribution < 1.29 is 4.74 Å². The summed E-state index contributed by atoms with van der Waals surface area (Å²) in [5.74, 6) is 1.38. The zero-order chi connectivity index (χ0) is 10.5. The number of nitrogens with zero attached hydrogens (tertiary/aromatic N) is 2. The monoisotopic (exact) mass is 208 g/mol. The maximum absolute atomic E-state index is 5.40. The first-order chi connectivity index (χ1) is 7.38. The molecule has 1 fully saturated rings. The Labute approximate surface area is 89.3 Å². The highest BCUT2D eigenvalue weighted by molar-refractivity contribution is 5.35. The fourth-order valence-electron chi connectivity index (χ4n) is 1.29. The molecule has 1 aliphatic rings. The van der Waals surface area contributed by atoms with Crippen LogP contribution in [-0.4, -0.2) is 35.7 Å². The van der Waals surface area contributed by atoms with Crippen LogP contribution >= 0.6 is 0 Å². The van der Waals surface area contributed by atoms with Crippen molar-refractivity contribution >= 4 is 5.82 Å². The first-order valence-corrected chi connectivity index (χ1v) is 5.30. The summed E-state index contributed by atoms with van der Waals surface area (Å²) in [7, 11) is 0. The molecule has 0 aliphatic carbocycles. The Hall–Kier alpha value is -1.36. The van der Waals surface area contributed by atoms with Crippen LogP contribution in [0.2, 0.25) is 0 Å². The highest BCUT2D eigenvalue weighted by atomic mass is 16.5. The van der Waals surface area contributed by atoms with Gasteiger partial charge in [0.15, 0.2) is 0 Å². The summed E-state index contributed by atoms with van der Waals surface area (Å²) in [4.78, 5) is 8.39. The molecule has 0 spiro atoms. The van der Waals surface area contributed by atoms with E-state index in [-0.39, 0.29) is 0 Å². The van der Waals surface area contributed by atoms with Crippen LogP contribution < -0.4 is 15.4 Å². The van der Waals surface area contributed by atoms with Gasteiger partial charge in [0, 0.05) is 13.1 Å². The number of rotatable bonds is 5. The van der Waals surface area contributed by atoms with Gasteiger partial charge in [0.05, 0.1) is 25.0 Å². The molecule has 2 heterocycles. The minimum Gasteiger partial charge on any atom is -0.477 e. The van der Waals surface area contributed by atoms with Crippen molar-refractivity contribution in [1.82, 2.24) is 15.3 Å². The van der Waals surface area contributed by atoms with Gasteiger partial charge in [-0.2, -0.15) is 4.98 Å². The summed E-state index contributed by atoms with van der Waals surface area (Å²) in [6.45, 7) is 4.72. The normalized spacial score (nSPS) is 15.8. The molecule has 1 aromatic heterocycles. The van der Waals surface area contributed by atoms with Gasteiger partial charge in [-0.3, -0.25) is 4.98 Å². The Kier molecular flexibility index (Phi) is 3.34. The largest absolute Gasteiger partial charge is 0.477 e. The van der Waals surface area contributed by atoms with Gasteiger partial charge in [0.25, 0.3) is 0 Å². The van der Waals surface area contributed by atoms with Crippen molar-refractivity contribution in [3.8, 4) is 5.88 Å². The predicted molar refractivity (Wildman–Crippen MR) is 58.1 cm³/mol. The topological polar surface area (TPSA) is 59.1 Å². The molecular formula is C10H16N4O. The number of ether oxygens (including phenoxy) is 1.